The maximum Gasteiger partial charge on any atom is 0.127 e. The summed E-state index contributed by atoms with van der Waals surface area (Å²) < 4.78 is 12.2. The topological polar surface area (TPSA) is 18.5 Å². The molecule has 2 nitrogen and oxygen atoms in total. The van der Waals surface area contributed by atoms with Gasteiger partial charge in [0, 0.05) is 22.0 Å². The minimum Gasteiger partial charge on any atom is -0.457 e. The van der Waals surface area contributed by atoms with E-state index in [9.17, 15) is 0 Å². The average Bonchev–Trinajstić information content (AvgIpc) is 3.12. The molecule has 2 heteroatoms. The van der Waals surface area contributed by atoms with Crippen LogP contribution in [0.4, 0.5) is 0 Å². The number of rotatable bonds is 8. The number of hydrogen-bond donors (Lipinski definition) is 0. The third-order valence-electron chi connectivity index (χ3n) is 9.35. The Balaban J connectivity index is 1.01. The first-order valence-electron chi connectivity index (χ1n) is 17.0. The molecule has 0 aliphatic carbocycles. The lowest BCUT2D eigenvalue weighted by Crippen LogP contribution is -2.18. The van der Waals surface area contributed by atoms with Crippen LogP contribution < -0.4 is 9.47 Å². The van der Waals surface area contributed by atoms with Crippen LogP contribution in [0.5, 0.6) is 23.0 Å². The molecule has 0 atom stereocenters. The van der Waals surface area contributed by atoms with Gasteiger partial charge in [0.25, 0.3) is 0 Å². The number of benzene rings is 6. The first-order chi connectivity index (χ1) is 24.1. The van der Waals surface area contributed by atoms with Crippen molar-refractivity contribution in [3.63, 3.8) is 0 Å². The van der Waals surface area contributed by atoms with E-state index in [1.165, 1.54) is 33.4 Å². The zero-order valence-corrected chi connectivity index (χ0v) is 29.7. The third kappa shape index (κ3) is 8.18. The molecule has 0 amide bonds. The van der Waals surface area contributed by atoms with Crippen LogP contribution in [0, 0.1) is 37.5 Å². The van der Waals surface area contributed by atoms with Gasteiger partial charge in [-0.15, -0.1) is 0 Å². The Morgan fingerprint density at radius 3 is 0.860 bits per heavy atom. The summed E-state index contributed by atoms with van der Waals surface area (Å²) in [7, 11) is 0. The van der Waals surface area contributed by atoms with E-state index in [0.29, 0.717) is 0 Å². The Kier molecular flexibility index (Phi) is 9.94. The summed E-state index contributed by atoms with van der Waals surface area (Å²) >= 11 is 0. The first-order valence-corrected chi connectivity index (χ1v) is 17.0. The molecule has 0 fully saturated rings. The van der Waals surface area contributed by atoms with E-state index in [2.05, 4.69) is 138 Å². The van der Waals surface area contributed by atoms with Gasteiger partial charge in [-0.05, 0) is 121 Å². The van der Waals surface area contributed by atoms with E-state index >= 15 is 0 Å². The highest BCUT2D eigenvalue weighted by Crippen LogP contribution is 2.35. The van der Waals surface area contributed by atoms with Crippen molar-refractivity contribution < 1.29 is 9.47 Å². The van der Waals surface area contributed by atoms with E-state index < -0.39 is 0 Å². The highest BCUT2D eigenvalue weighted by molar-refractivity contribution is 5.48. The zero-order valence-electron chi connectivity index (χ0n) is 29.7. The molecule has 0 aliphatic heterocycles. The van der Waals surface area contributed by atoms with Gasteiger partial charge in [-0.3, -0.25) is 0 Å². The molecule has 0 saturated carbocycles. The maximum absolute atomic E-state index is 6.11. The minimum atomic E-state index is -0.0958. The number of aryl methyl sites for hydroxylation is 2. The largest absolute Gasteiger partial charge is 0.457 e. The fourth-order valence-electron chi connectivity index (χ4n) is 5.84. The lowest BCUT2D eigenvalue weighted by molar-refractivity contribution is 0.481. The lowest BCUT2D eigenvalue weighted by Gasteiger charge is -2.26. The Hall–Kier alpha value is -5.96. The van der Waals surface area contributed by atoms with Crippen LogP contribution in [-0.4, -0.2) is 0 Å². The van der Waals surface area contributed by atoms with Crippen molar-refractivity contribution >= 4 is 0 Å². The molecule has 6 aromatic rings. The molecule has 0 aliphatic rings. The van der Waals surface area contributed by atoms with Gasteiger partial charge in [-0.25, -0.2) is 0 Å². The normalized spacial score (nSPS) is 11.1. The van der Waals surface area contributed by atoms with Crippen molar-refractivity contribution in [1.29, 1.82) is 0 Å². The van der Waals surface area contributed by atoms with Crippen LogP contribution >= 0.6 is 0 Å². The molecule has 6 aromatic carbocycles. The zero-order chi connectivity index (χ0) is 35.1. The number of hydrogen-bond acceptors (Lipinski definition) is 2. The van der Waals surface area contributed by atoms with E-state index in [-0.39, 0.29) is 10.8 Å². The average molecular weight is 651 g/mol. The highest BCUT2D eigenvalue weighted by atomic mass is 16.5. The quantitative estimate of drug-likeness (QED) is 0.153. The molecule has 6 rings (SSSR count). The molecule has 50 heavy (non-hydrogen) atoms. The molecule has 0 heterocycles. The predicted octanol–water partition coefficient (Wildman–Crippen LogP) is 11.9. The van der Waals surface area contributed by atoms with Crippen molar-refractivity contribution in [2.24, 2.45) is 0 Å². The fraction of sp³-hybridized carbons (Fsp3) is 0.167. The molecule has 0 bridgehead atoms. The molecule has 0 saturated heterocycles. The van der Waals surface area contributed by atoms with E-state index in [4.69, 9.17) is 9.47 Å². The van der Waals surface area contributed by atoms with E-state index in [0.717, 1.165) is 34.1 Å². The van der Waals surface area contributed by atoms with Crippen molar-refractivity contribution in [3.05, 3.63) is 190 Å². The van der Waals surface area contributed by atoms with Gasteiger partial charge in [0.1, 0.15) is 23.0 Å². The van der Waals surface area contributed by atoms with Crippen LogP contribution in [-0.2, 0) is 10.8 Å². The van der Waals surface area contributed by atoms with Crippen LogP contribution in [0.25, 0.3) is 0 Å². The van der Waals surface area contributed by atoms with Crippen LogP contribution in [0.2, 0.25) is 0 Å². The molecular weight excluding hydrogens is 609 g/mol. The Bertz CT molecular complexity index is 2000. The Labute approximate surface area is 297 Å². The molecule has 0 unspecified atom stereocenters. The van der Waals surface area contributed by atoms with Gasteiger partial charge in [0.2, 0.25) is 0 Å². The summed E-state index contributed by atoms with van der Waals surface area (Å²) in [6.07, 6.45) is 0. The summed E-state index contributed by atoms with van der Waals surface area (Å²) in [5.41, 5.74) is 9.15. The minimum absolute atomic E-state index is 0.0958. The second-order valence-electron chi connectivity index (χ2n) is 13.8. The standard InChI is InChI=1S/C48H42O2/c1-35-11-19-39(20-12-35)47(3,4)41-23-31-45(32-24-41)49-43-27-15-37(16-28-43)9-7-8-10-38-17-29-44(30-18-38)50-46-33-25-42(26-34-46)48(5,6)40-21-13-36(2)14-22-40/h11-34H,1-6H3. The van der Waals surface area contributed by atoms with Gasteiger partial charge >= 0.3 is 0 Å². The summed E-state index contributed by atoms with van der Waals surface area (Å²) in [5, 5.41) is 0. The SMILES string of the molecule is Cc1ccc(C(C)(C)c2ccc(Oc3ccc(C#CC#Cc4ccc(Oc5ccc(C(C)(C)c6ccc(C)cc6)cc5)cc4)cc3)cc2)cc1. The van der Waals surface area contributed by atoms with Gasteiger partial charge in [-0.2, -0.15) is 0 Å². The second-order valence-corrected chi connectivity index (χ2v) is 13.8. The van der Waals surface area contributed by atoms with Gasteiger partial charge in [0.15, 0.2) is 0 Å². The fourth-order valence-corrected chi connectivity index (χ4v) is 5.84. The van der Waals surface area contributed by atoms with Crippen LogP contribution in [0.3, 0.4) is 0 Å². The van der Waals surface area contributed by atoms with Gasteiger partial charge in [-0.1, -0.05) is 123 Å². The van der Waals surface area contributed by atoms with Crippen molar-refractivity contribution in [2.75, 3.05) is 0 Å². The van der Waals surface area contributed by atoms with E-state index in [1.807, 2.05) is 72.8 Å². The summed E-state index contributed by atoms with van der Waals surface area (Å²) in [4.78, 5) is 0. The lowest BCUT2D eigenvalue weighted by atomic mass is 9.78. The Morgan fingerprint density at radius 2 is 0.580 bits per heavy atom. The number of ether oxygens (including phenoxy) is 2. The molecule has 246 valence electrons. The molecule has 0 aromatic heterocycles. The van der Waals surface area contributed by atoms with Crippen LogP contribution in [0.15, 0.2) is 146 Å². The molecule has 0 radical (unpaired) electrons. The van der Waals surface area contributed by atoms with Crippen molar-refractivity contribution in [2.45, 2.75) is 52.4 Å². The van der Waals surface area contributed by atoms with Crippen LogP contribution in [0.1, 0.15) is 72.2 Å². The predicted molar refractivity (Wildman–Crippen MR) is 206 cm³/mol. The maximum atomic E-state index is 6.11. The van der Waals surface area contributed by atoms with Gasteiger partial charge in [0.05, 0.1) is 0 Å². The summed E-state index contributed by atoms with van der Waals surface area (Å²) in [5.74, 6) is 15.3. The van der Waals surface area contributed by atoms with Gasteiger partial charge < -0.3 is 9.47 Å². The van der Waals surface area contributed by atoms with Crippen molar-refractivity contribution in [3.8, 4) is 46.7 Å². The third-order valence-corrected chi connectivity index (χ3v) is 9.35. The second kappa shape index (κ2) is 14.7. The first kappa shape index (κ1) is 33.9. The van der Waals surface area contributed by atoms with E-state index in [1.54, 1.807) is 0 Å². The smallest absolute Gasteiger partial charge is 0.127 e. The molecule has 0 spiro atoms. The summed E-state index contributed by atoms with van der Waals surface area (Å²) in [6.45, 7) is 13.2. The molecule has 0 N–H and O–H groups in total. The molecular formula is C48H42O2. The highest BCUT2D eigenvalue weighted by Gasteiger charge is 2.24. The summed E-state index contributed by atoms with van der Waals surface area (Å²) in [6, 6.07) is 49.7. The van der Waals surface area contributed by atoms with Crippen molar-refractivity contribution in [1.82, 2.24) is 0 Å². The monoisotopic (exact) mass is 650 g/mol. The Morgan fingerprint density at radius 1 is 0.340 bits per heavy atom.